The van der Waals surface area contributed by atoms with Crippen molar-refractivity contribution in [3.8, 4) is 0 Å². The van der Waals surface area contributed by atoms with E-state index in [1.807, 2.05) is 6.26 Å². The normalized spacial score (nSPS) is 12.2. The Morgan fingerprint density at radius 3 is 2.88 bits per heavy atom. The van der Waals surface area contributed by atoms with Gasteiger partial charge in [-0.3, -0.25) is 4.79 Å². The molecule has 0 spiro atoms. The maximum absolute atomic E-state index is 11.8. The van der Waals surface area contributed by atoms with E-state index >= 15 is 0 Å². The Labute approximate surface area is 105 Å². The first kappa shape index (κ1) is 13.2. The molecule has 0 aliphatic carbocycles. The second kappa shape index (κ2) is 6.01. The summed E-state index contributed by atoms with van der Waals surface area (Å²) in [4.78, 5) is 11.8. The summed E-state index contributed by atoms with van der Waals surface area (Å²) in [6.07, 6.45) is 2.01. The molecule has 88 valence electrons. The highest BCUT2D eigenvalue weighted by atomic mass is 35.5. The van der Waals surface area contributed by atoms with Gasteiger partial charge in [0.25, 0.3) is 5.91 Å². The Morgan fingerprint density at radius 2 is 2.31 bits per heavy atom. The molecule has 1 unspecified atom stereocenters. The van der Waals surface area contributed by atoms with E-state index in [0.717, 1.165) is 0 Å². The molecule has 0 radical (unpaired) electrons. The van der Waals surface area contributed by atoms with E-state index in [2.05, 4.69) is 12.2 Å². The lowest BCUT2D eigenvalue weighted by Crippen LogP contribution is -2.29. The van der Waals surface area contributed by atoms with Gasteiger partial charge in [0.15, 0.2) is 0 Å². The Balaban J connectivity index is 2.66. The number of thioether (sulfide) groups is 1. The van der Waals surface area contributed by atoms with Crippen LogP contribution in [0.2, 0.25) is 5.02 Å². The van der Waals surface area contributed by atoms with Gasteiger partial charge >= 0.3 is 0 Å². The average molecular weight is 259 g/mol. The fourth-order valence-corrected chi connectivity index (χ4v) is 1.59. The van der Waals surface area contributed by atoms with Crippen LogP contribution in [0.1, 0.15) is 17.3 Å². The Bertz CT molecular complexity index is 384. The molecule has 0 saturated heterocycles. The third-order valence-corrected chi connectivity index (χ3v) is 3.42. The number of nitrogen functional groups attached to an aromatic ring is 1. The molecule has 0 aliphatic rings. The molecule has 1 rings (SSSR count). The first-order valence-electron chi connectivity index (χ1n) is 4.90. The number of rotatable bonds is 4. The van der Waals surface area contributed by atoms with Crippen LogP contribution < -0.4 is 11.1 Å². The molecule has 0 fully saturated rings. The molecule has 1 atom stereocenters. The summed E-state index contributed by atoms with van der Waals surface area (Å²) in [7, 11) is 0. The van der Waals surface area contributed by atoms with Gasteiger partial charge in [-0.1, -0.05) is 18.5 Å². The number of hydrogen-bond acceptors (Lipinski definition) is 3. The SMILES string of the molecule is CSC(C)CNC(=O)c1ccc(Cl)cc1N. The summed E-state index contributed by atoms with van der Waals surface area (Å²) < 4.78 is 0. The van der Waals surface area contributed by atoms with Crippen molar-refractivity contribution < 1.29 is 4.79 Å². The van der Waals surface area contributed by atoms with Crippen LogP contribution in [-0.4, -0.2) is 24.0 Å². The smallest absolute Gasteiger partial charge is 0.253 e. The van der Waals surface area contributed by atoms with Crippen molar-refractivity contribution in [3.63, 3.8) is 0 Å². The molecule has 3 N–H and O–H groups in total. The highest BCUT2D eigenvalue weighted by Gasteiger charge is 2.10. The van der Waals surface area contributed by atoms with Gasteiger partial charge in [0.05, 0.1) is 5.56 Å². The van der Waals surface area contributed by atoms with Crippen molar-refractivity contribution in [1.29, 1.82) is 0 Å². The number of nitrogens with one attached hydrogen (secondary N) is 1. The molecule has 0 saturated carbocycles. The number of nitrogens with two attached hydrogens (primary N) is 1. The molecule has 16 heavy (non-hydrogen) atoms. The van der Waals surface area contributed by atoms with E-state index < -0.39 is 0 Å². The lowest BCUT2D eigenvalue weighted by Gasteiger charge is -2.11. The second-order valence-corrected chi connectivity index (χ2v) is 5.20. The zero-order valence-electron chi connectivity index (χ0n) is 9.29. The molecule has 1 aromatic carbocycles. The third-order valence-electron chi connectivity index (χ3n) is 2.21. The highest BCUT2D eigenvalue weighted by Crippen LogP contribution is 2.17. The molecular weight excluding hydrogens is 244 g/mol. The lowest BCUT2D eigenvalue weighted by atomic mass is 10.1. The van der Waals surface area contributed by atoms with Crippen molar-refractivity contribution >= 4 is 35.0 Å². The number of carbonyl (C=O) groups excluding carboxylic acids is 1. The van der Waals surface area contributed by atoms with Gasteiger partial charge < -0.3 is 11.1 Å². The summed E-state index contributed by atoms with van der Waals surface area (Å²) in [6, 6.07) is 4.87. The summed E-state index contributed by atoms with van der Waals surface area (Å²) in [5, 5.41) is 3.75. The first-order chi connectivity index (χ1) is 7.54. The van der Waals surface area contributed by atoms with Crippen molar-refractivity contribution in [3.05, 3.63) is 28.8 Å². The minimum Gasteiger partial charge on any atom is -0.398 e. The van der Waals surface area contributed by atoms with E-state index in [1.165, 1.54) is 0 Å². The molecule has 0 aromatic heterocycles. The number of carbonyl (C=O) groups is 1. The number of amides is 1. The van der Waals surface area contributed by atoms with Crippen LogP contribution >= 0.6 is 23.4 Å². The average Bonchev–Trinajstić information content (AvgIpc) is 2.25. The summed E-state index contributed by atoms with van der Waals surface area (Å²) in [6.45, 7) is 2.68. The first-order valence-corrected chi connectivity index (χ1v) is 6.57. The van der Waals surface area contributed by atoms with Gasteiger partial charge in [0.2, 0.25) is 0 Å². The topological polar surface area (TPSA) is 55.1 Å². The van der Waals surface area contributed by atoms with E-state index in [1.54, 1.807) is 30.0 Å². The van der Waals surface area contributed by atoms with Crippen LogP contribution in [0.3, 0.4) is 0 Å². The monoisotopic (exact) mass is 258 g/mol. The van der Waals surface area contributed by atoms with Crippen molar-refractivity contribution in [2.24, 2.45) is 0 Å². The summed E-state index contributed by atoms with van der Waals surface area (Å²) in [5.41, 5.74) is 6.59. The lowest BCUT2D eigenvalue weighted by molar-refractivity contribution is 0.0955. The van der Waals surface area contributed by atoms with E-state index in [0.29, 0.717) is 28.1 Å². The van der Waals surface area contributed by atoms with E-state index in [-0.39, 0.29) is 5.91 Å². The number of hydrogen-bond donors (Lipinski definition) is 2. The van der Waals surface area contributed by atoms with Crippen LogP contribution in [0.5, 0.6) is 0 Å². The van der Waals surface area contributed by atoms with Crippen molar-refractivity contribution in [2.75, 3.05) is 18.5 Å². The predicted molar refractivity (Wildman–Crippen MR) is 71.2 cm³/mol. The molecule has 0 aliphatic heterocycles. The largest absolute Gasteiger partial charge is 0.398 e. The van der Waals surface area contributed by atoms with Crippen LogP contribution in [0, 0.1) is 0 Å². The van der Waals surface area contributed by atoms with Gasteiger partial charge in [-0.05, 0) is 24.5 Å². The van der Waals surface area contributed by atoms with Crippen LogP contribution in [0.25, 0.3) is 0 Å². The third kappa shape index (κ3) is 3.61. The molecular formula is C11H15ClN2OS. The van der Waals surface area contributed by atoms with E-state index in [9.17, 15) is 4.79 Å². The fourth-order valence-electron chi connectivity index (χ4n) is 1.16. The second-order valence-electron chi connectivity index (χ2n) is 3.49. The van der Waals surface area contributed by atoms with Gasteiger partial charge in [-0.2, -0.15) is 11.8 Å². The van der Waals surface area contributed by atoms with Gasteiger partial charge in [0.1, 0.15) is 0 Å². The zero-order chi connectivity index (χ0) is 12.1. The summed E-state index contributed by atoms with van der Waals surface area (Å²) >= 11 is 7.46. The highest BCUT2D eigenvalue weighted by molar-refractivity contribution is 7.99. The predicted octanol–water partition coefficient (Wildman–Crippen LogP) is 2.40. The fraction of sp³-hybridized carbons (Fsp3) is 0.364. The molecule has 3 nitrogen and oxygen atoms in total. The van der Waals surface area contributed by atoms with Crippen LogP contribution in [-0.2, 0) is 0 Å². The number of anilines is 1. The Hall–Kier alpha value is -0.870. The molecule has 0 heterocycles. The van der Waals surface area contributed by atoms with Gasteiger partial charge in [0, 0.05) is 22.5 Å². The van der Waals surface area contributed by atoms with Crippen LogP contribution in [0.4, 0.5) is 5.69 Å². The molecule has 5 heteroatoms. The van der Waals surface area contributed by atoms with Gasteiger partial charge in [-0.25, -0.2) is 0 Å². The van der Waals surface area contributed by atoms with Crippen molar-refractivity contribution in [2.45, 2.75) is 12.2 Å². The standard InChI is InChI=1S/C11H15ClN2OS/c1-7(16-2)6-14-11(15)9-4-3-8(12)5-10(9)13/h3-5,7H,6,13H2,1-2H3,(H,14,15). The zero-order valence-corrected chi connectivity index (χ0v) is 10.9. The molecule has 0 bridgehead atoms. The minimum absolute atomic E-state index is 0.157. The Morgan fingerprint density at radius 1 is 1.62 bits per heavy atom. The Kier molecular flexibility index (Phi) is 4.96. The quantitative estimate of drug-likeness (QED) is 0.816. The summed E-state index contributed by atoms with van der Waals surface area (Å²) in [5.74, 6) is -0.157. The minimum atomic E-state index is -0.157. The number of benzene rings is 1. The number of halogens is 1. The molecule has 1 amide bonds. The maximum atomic E-state index is 11.8. The van der Waals surface area contributed by atoms with E-state index in [4.69, 9.17) is 17.3 Å². The van der Waals surface area contributed by atoms with Crippen LogP contribution in [0.15, 0.2) is 18.2 Å². The maximum Gasteiger partial charge on any atom is 0.253 e. The molecule has 1 aromatic rings. The van der Waals surface area contributed by atoms with Crippen molar-refractivity contribution in [1.82, 2.24) is 5.32 Å². The van der Waals surface area contributed by atoms with Gasteiger partial charge in [-0.15, -0.1) is 0 Å².